The van der Waals surface area contributed by atoms with E-state index < -0.39 is 5.60 Å². The van der Waals surface area contributed by atoms with Gasteiger partial charge in [-0.2, -0.15) is 0 Å². The summed E-state index contributed by atoms with van der Waals surface area (Å²) in [6, 6.07) is 17.7. The zero-order valence-electron chi connectivity index (χ0n) is 22.1. The summed E-state index contributed by atoms with van der Waals surface area (Å²) in [5.41, 5.74) is 1.88. The normalized spacial score (nSPS) is 20.8. The number of aryl methyl sites for hydroxylation is 1. The number of para-hydroxylation sites is 2. The molecule has 2 aliphatic heterocycles. The molecule has 3 heterocycles. The summed E-state index contributed by atoms with van der Waals surface area (Å²) < 4.78 is 14.0. The van der Waals surface area contributed by atoms with Crippen molar-refractivity contribution in [2.45, 2.75) is 45.1 Å². The van der Waals surface area contributed by atoms with Gasteiger partial charge in [0.2, 0.25) is 0 Å². The lowest BCUT2D eigenvalue weighted by atomic mass is 9.90. The maximum atomic E-state index is 14.0. The highest BCUT2D eigenvalue weighted by Crippen LogP contribution is 2.30. The van der Waals surface area contributed by atoms with E-state index in [2.05, 4.69) is 16.4 Å². The summed E-state index contributed by atoms with van der Waals surface area (Å²) in [7, 11) is 0. The van der Waals surface area contributed by atoms with Crippen molar-refractivity contribution >= 4 is 11.8 Å². The molecule has 3 aromatic rings. The molecule has 0 radical (unpaired) electrons. The molecule has 1 spiro atoms. The molecule has 0 N–H and O–H groups in total. The van der Waals surface area contributed by atoms with E-state index in [1.807, 2.05) is 62.4 Å². The van der Waals surface area contributed by atoms with Crippen LogP contribution in [0.3, 0.4) is 0 Å². The number of likely N-dealkylation sites (N-methyl/N-ethyl adjacent to an activating group) is 1. The lowest BCUT2D eigenvalue weighted by Crippen LogP contribution is -2.62. The SMILES string of the molecule is CCN1CCOc2ccccc2CCCCC2(CN(C(=O)c3nnn(-c4ccccc4)c3C)CCO2)C1=O. The van der Waals surface area contributed by atoms with E-state index in [4.69, 9.17) is 9.47 Å². The Morgan fingerprint density at radius 2 is 1.82 bits per heavy atom. The van der Waals surface area contributed by atoms with Crippen LogP contribution >= 0.6 is 0 Å². The van der Waals surface area contributed by atoms with Gasteiger partial charge in [0, 0.05) is 13.1 Å². The van der Waals surface area contributed by atoms with Crippen LogP contribution in [0.4, 0.5) is 0 Å². The highest BCUT2D eigenvalue weighted by atomic mass is 16.5. The number of aromatic nitrogens is 3. The van der Waals surface area contributed by atoms with E-state index in [-0.39, 0.29) is 18.4 Å². The minimum absolute atomic E-state index is 0.0837. The predicted molar refractivity (Wildman–Crippen MR) is 142 cm³/mol. The van der Waals surface area contributed by atoms with Crippen molar-refractivity contribution in [2.75, 3.05) is 39.4 Å². The minimum Gasteiger partial charge on any atom is -0.491 e. The van der Waals surface area contributed by atoms with Gasteiger partial charge in [-0.3, -0.25) is 9.59 Å². The highest BCUT2D eigenvalue weighted by molar-refractivity contribution is 5.94. The van der Waals surface area contributed by atoms with Crippen LogP contribution in [0, 0.1) is 6.92 Å². The van der Waals surface area contributed by atoms with Crippen LogP contribution in [0.2, 0.25) is 0 Å². The molecule has 0 bridgehead atoms. The number of hydrogen-bond acceptors (Lipinski definition) is 6. The van der Waals surface area contributed by atoms with Gasteiger partial charge in [-0.25, -0.2) is 4.68 Å². The molecule has 2 amide bonds. The van der Waals surface area contributed by atoms with Crippen LogP contribution in [-0.4, -0.2) is 81.6 Å². The summed E-state index contributed by atoms with van der Waals surface area (Å²) in [6.07, 6.45) is 3.10. The van der Waals surface area contributed by atoms with Gasteiger partial charge in [0.1, 0.15) is 12.4 Å². The largest absolute Gasteiger partial charge is 0.491 e. The van der Waals surface area contributed by atoms with E-state index in [0.29, 0.717) is 50.7 Å². The Morgan fingerprint density at radius 3 is 2.63 bits per heavy atom. The summed E-state index contributed by atoms with van der Waals surface area (Å²) in [4.78, 5) is 31.1. The van der Waals surface area contributed by atoms with Gasteiger partial charge < -0.3 is 19.3 Å². The Bertz CT molecular complexity index is 1280. The Labute approximate surface area is 223 Å². The fourth-order valence-corrected chi connectivity index (χ4v) is 5.37. The first-order valence-electron chi connectivity index (χ1n) is 13.4. The first-order chi connectivity index (χ1) is 18.5. The Morgan fingerprint density at radius 1 is 1.03 bits per heavy atom. The van der Waals surface area contributed by atoms with Gasteiger partial charge >= 0.3 is 0 Å². The third-order valence-electron chi connectivity index (χ3n) is 7.50. The van der Waals surface area contributed by atoms with E-state index in [1.165, 1.54) is 5.56 Å². The van der Waals surface area contributed by atoms with Crippen molar-refractivity contribution < 1.29 is 19.1 Å². The first kappa shape index (κ1) is 25.9. The molecule has 38 heavy (non-hydrogen) atoms. The maximum Gasteiger partial charge on any atom is 0.276 e. The van der Waals surface area contributed by atoms with Crippen molar-refractivity contribution in [1.29, 1.82) is 0 Å². The van der Waals surface area contributed by atoms with Crippen molar-refractivity contribution in [2.24, 2.45) is 0 Å². The summed E-state index contributed by atoms with van der Waals surface area (Å²) in [6.45, 7) is 6.07. The molecule has 0 aliphatic carbocycles. The number of hydrogen-bond donors (Lipinski definition) is 0. The van der Waals surface area contributed by atoms with Crippen LogP contribution in [0.15, 0.2) is 54.6 Å². The average molecular weight is 518 g/mol. The number of carbonyl (C=O) groups excluding carboxylic acids is 2. The van der Waals surface area contributed by atoms with Crippen molar-refractivity contribution in [3.05, 3.63) is 71.5 Å². The minimum atomic E-state index is -1.09. The molecule has 1 atom stereocenters. The third-order valence-corrected chi connectivity index (χ3v) is 7.50. The molecule has 1 aromatic heterocycles. The van der Waals surface area contributed by atoms with Crippen molar-refractivity contribution in [1.82, 2.24) is 24.8 Å². The van der Waals surface area contributed by atoms with Crippen molar-refractivity contribution in [3.63, 3.8) is 0 Å². The van der Waals surface area contributed by atoms with Crippen LogP contribution in [0.25, 0.3) is 5.69 Å². The second-order valence-electron chi connectivity index (χ2n) is 9.89. The van der Waals surface area contributed by atoms with Crippen molar-refractivity contribution in [3.8, 4) is 11.4 Å². The molecule has 5 rings (SSSR count). The summed E-state index contributed by atoms with van der Waals surface area (Å²) in [5.74, 6) is 0.571. The molecule has 1 saturated heterocycles. The summed E-state index contributed by atoms with van der Waals surface area (Å²) in [5, 5.41) is 8.46. The lowest BCUT2D eigenvalue weighted by Gasteiger charge is -2.44. The van der Waals surface area contributed by atoms with Crippen LogP contribution in [0.1, 0.15) is 47.9 Å². The highest BCUT2D eigenvalue weighted by Gasteiger charge is 2.47. The number of morpholine rings is 1. The van der Waals surface area contributed by atoms with E-state index in [1.54, 1.807) is 14.5 Å². The molecular weight excluding hydrogens is 482 g/mol. The molecule has 9 heteroatoms. The zero-order chi connectivity index (χ0) is 26.5. The number of rotatable bonds is 3. The lowest BCUT2D eigenvalue weighted by molar-refractivity contribution is -0.170. The fraction of sp³-hybridized carbons (Fsp3) is 0.448. The molecule has 0 saturated carbocycles. The quantitative estimate of drug-likeness (QED) is 0.529. The predicted octanol–water partition coefficient (Wildman–Crippen LogP) is 3.44. The monoisotopic (exact) mass is 517 g/mol. The van der Waals surface area contributed by atoms with Gasteiger partial charge in [-0.15, -0.1) is 5.10 Å². The smallest absolute Gasteiger partial charge is 0.276 e. The van der Waals surface area contributed by atoms with Gasteiger partial charge in [0.25, 0.3) is 11.8 Å². The standard InChI is InChI=1S/C29H35N5O4/c1-3-32-17-19-37-25-15-8-7-11-23(25)12-9-10-16-29(28(32)36)21-33(18-20-38-29)27(35)26-22(2)34(31-30-26)24-13-5-4-6-14-24/h4-8,11,13-15H,3,9-10,12,16-21H2,1-2H3. The second kappa shape index (κ2) is 11.3. The molecular formula is C29H35N5O4. The second-order valence-corrected chi connectivity index (χ2v) is 9.89. The summed E-state index contributed by atoms with van der Waals surface area (Å²) >= 11 is 0. The number of carbonyl (C=O) groups is 2. The fourth-order valence-electron chi connectivity index (χ4n) is 5.37. The first-order valence-corrected chi connectivity index (χ1v) is 13.4. The van der Waals surface area contributed by atoms with Gasteiger partial charge in [-0.05, 0) is 63.3 Å². The number of fused-ring (bicyclic) bond motifs is 1. The topological polar surface area (TPSA) is 89.8 Å². The maximum absolute atomic E-state index is 14.0. The average Bonchev–Trinajstić information content (AvgIpc) is 3.34. The van der Waals surface area contributed by atoms with E-state index in [9.17, 15) is 9.59 Å². The van der Waals surface area contributed by atoms with Gasteiger partial charge in [-0.1, -0.05) is 41.6 Å². The number of benzene rings is 2. The van der Waals surface area contributed by atoms with Crippen LogP contribution < -0.4 is 4.74 Å². The molecule has 1 fully saturated rings. The third kappa shape index (κ3) is 5.15. The van der Waals surface area contributed by atoms with Gasteiger partial charge in [0.05, 0.1) is 31.1 Å². The Hall–Kier alpha value is -3.72. The van der Waals surface area contributed by atoms with Crippen LogP contribution in [0.5, 0.6) is 5.75 Å². The van der Waals surface area contributed by atoms with E-state index in [0.717, 1.165) is 30.7 Å². The van der Waals surface area contributed by atoms with E-state index >= 15 is 0 Å². The Balaban J connectivity index is 1.38. The number of amides is 2. The van der Waals surface area contributed by atoms with Crippen LogP contribution in [-0.2, 0) is 16.0 Å². The van der Waals surface area contributed by atoms with Gasteiger partial charge in [0.15, 0.2) is 11.3 Å². The molecule has 1 unspecified atom stereocenters. The number of nitrogens with zero attached hydrogens (tertiary/aromatic N) is 5. The molecule has 2 aromatic carbocycles. The molecule has 2 aliphatic rings. The Kier molecular flexibility index (Phi) is 7.74. The molecule has 9 nitrogen and oxygen atoms in total. The zero-order valence-corrected chi connectivity index (χ0v) is 22.1. The molecule has 200 valence electrons. The number of ether oxygens (including phenoxy) is 2.